The summed E-state index contributed by atoms with van der Waals surface area (Å²) >= 11 is 1.25. The molecule has 0 spiro atoms. The fourth-order valence-corrected chi connectivity index (χ4v) is 4.52. The van der Waals surface area contributed by atoms with Crippen LogP contribution in [0.25, 0.3) is 11.0 Å². The lowest BCUT2D eigenvalue weighted by atomic mass is 9.95. The highest BCUT2D eigenvalue weighted by Gasteiger charge is 2.44. The van der Waals surface area contributed by atoms with Crippen LogP contribution in [0.15, 0.2) is 57.2 Å². The number of aromatic nitrogens is 2. The molecule has 0 N–H and O–H groups in total. The number of hydrogen-bond acceptors (Lipinski definition) is 6. The molecule has 0 saturated carbocycles. The molecular formula is C23H19N3O3S. The van der Waals surface area contributed by atoms with E-state index in [1.165, 1.54) is 21.8 Å². The predicted molar refractivity (Wildman–Crippen MR) is 116 cm³/mol. The third kappa shape index (κ3) is 2.77. The molecule has 7 heteroatoms. The highest BCUT2D eigenvalue weighted by Crippen LogP contribution is 2.41. The first-order valence-corrected chi connectivity index (χ1v) is 10.6. The number of nitrogens with zero attached hydrogens (tertiary/aromatic N) is 3. The molecule has 6 nitrogen and oxygen atoms in total. The minimum atomic E-state index is -0.608. The maximum Gasteiger partial charge on any atom is 0.297 e. The molecule has 1 atom stereocenters. The van der Waals surface area contributed by atoms with Gasteiger partial charge in [-0.15, -0.1) is 10.2 Å². The second-order valence-electron chi connectivity index (χ2n) is 7.79. The average Bonchev–Trinajstić information content (AvgIpc) is 3.35. The number of fused-ring (bicyclic) bond motifs is 2. The maximum absolute atomic E-state index is 13.5. The largest absolute Gasteiger partial charge is 0.450 e. The summed E-state index contributed by atoms with van der Waals surface area (Å²) in [5.74, 6) is 0.0801. The van der Waals surface area contributed by atoms with Crippen molar-refractivity contribution >= 4 is 33.3 Å². The van der Waals surface area contributed by atoms with Gasteiger partial charge in [0.05, 0.1) is 17.0 Å². The Morgan fingerprint density at radius 1 is 1.10 bits per heavy atom. The molecular weight excluding hydrogens is 398 g/mol. The lowest BCUT2D eigenvalue weighted by molar-refractivity contribution is 0.0970. The number of rotatable bonds is 3. The molecule has 1 amide bonds. The zero-order chi connectivity index (χ0) is 21.0. The van der Waals surface area contributed by atoms with Gasteiger partial charge in [-0.1, -0.05) is 61.1 Å². The molecule has 1 aliphatic rings. The van der Waals surface area contributed by atoms with Gasteiger partial charge in [0.1, 0.15) is 11.1 Å². The summed E-state index contributed by atoms with van der Waals surface area (Å²) in [7, 11) is 0. The fourth-order valence-electron chi connectivity index (χ4n) is 3.93. The van der Waals surface area contributed by atoms with Crippen LogP contribution in [0.1, 0.15) is 58.6 Å². The first-order chi connectivity index (χ1) is 14.5. The predicted octanol–water partition coefficient (Wildman–Crippen LogP) is 4.83. The van der Waals surface area contributed by atoms with Crippen molar-refractivity contribution in [2.45, 2.75) is 32.7 Å². The van der Waals surface area contributed by atoms with Crippen molar-refractivity contribution in [3.05, 3.63) is 86.2 Å². The SMILES string of the molecule is Cc1ccc2oc3c(c(=O)c2c1)C(c1ccc(C(C)C)cc1)N(c1nncs1)C3=O. The molecule has 4 aromatic rings. The number of carbonyl (C=O) groups excluding carboxylic acids is 1. The first-order valence-electron chi connectivity index (χ1n) is 9.72. The van der Waals surface area contributed by atoms with Gasteiger partial charge in [0.2, 0.25) is 10.9 Å². The summed E-state index contributed by atoms with van der Waals surface area (Å²) in [5, 5.41) is 8.89. The first kappa shape index (κ1) is 18.7. The Labute approximate surface area is 176 Å². The standard InChI is InChI=1S/C23H19N3O3S/c1-12(2)14-5-7-15(8-6-14)19-18-20(27)16-10-13(3)4-9-17(16)29-21(18)22(28)26(19)23-25-24-11-30-23/h4-12,19H,1-3H3. The van der Waals surface area contributed by atoms with E-state index in [4.69, 9.17) is 4.42 Å². The Balaban J connectivity index is 1.78. The summed E-state index contributed by atoms with van der Waals surface area (Å²) in [6.07, 6.45) is 0. The molecule has 150 valence electrons. The van der Waals surface area contributed by atoms with Crippen LogP contribution in [0.4, 0.5) is 5.13 Å². The number of hydrogen-bond donors (Lipinski definition) is 0. The van der Waals surface area contributed by atoms with Gasteiger partial charge in [0, 0.05) is 0 Å². The highest BCUT2D eigenvalue weighted by atomic mass is 32.1. The van der Waals surface area contributed by atoms with Crippen molar-refractivity contribution in [3.63, 3.8) is 0 Å². The third-order valence-corrected chi connectivity index (χ3v) is 6.19. The minimum absolute atomic E-state index is 0.0736. The van der Waals surface area contributed by atoms with Gasteiger partial charge in [-0.05, 0) is 36.1 Å². The van der Waals surface area contributed by atoms with Crippen LogP contribution in [0.2, 0.25) is 0 Å². The summed E-state index contributed by atoms with van der Waals surface area (Å²) in [4.78, 5) is 28.4. The van der Waals surface area contributed by atoms with Crippen molar-refractivity contribution < 1.29 is 9.21 Å². The molecule has 0 aliphatic carbocycles. The van der Waals surface area contributed by atoms with E-state index in [9.17, 15) is 9.59 Å². The molecule has 3 heterocycles. The zero-order valence-corrected chi connectivity index (χ0v) is 17.6. The van der Waals surface area contributed by atoms with Crippen LogP contribution >= 0.6 is 11.3 Å². The monoisotopic (exact) mass is 417 g/mol. The summed E-state index contributed by atoms with van der Waals surface area (Å²) in [6, 6.07) is 12.8. The number of anilines is 1. The smallest absolute Gasteiger partial charge is 0.297 e. The Kier molecular flexibility index (Phi) is 4.29. The van der Waals surface area contributed by atoms with Gasteiger partial charge in [0.15, 0.2) is 5.43 Å². The van der Waals surface area contributed by atoms with E-state index in [1.807, 2.05) is 37.3 Å². The molecule has 2 aromatic carbocycles. The summed E-state index contributed by atoms with van der Waals surface area (Å²) in [6.45, 7) is 6.17. The van der Waals surface area contributed by atoms with Crippen LogP contribution in [0, 0.1) is 6.92 Å². The van der Waals surface area contributed by atoms with Crippen molar-refractivity contribution in [2.75, 3.05) is 4.90 Å². The van der Waals surface area contributed by atoms with E-state index < -0.39 is 6.04 Å². The maximum atomic E-state index is 13.5. The van der Waals surface area contributed by atoms with Crippen LogP contribution in [-0.2, 0) is 0 Å². The number of aryl methyl sites for hydroxylation is 1. The van der Waals surface area contributed by atoms with E-state index in [0.29, 0.717) is 27.6 Å². The molecule has 1 unspecified atom stereocenters. The van der Waals surface area contributed by atoms with Crippen molar-refractivity contribution in [2.24, 2.45) is 0 Å². The van der Waals surface area contributed by atoms with E-state index in [1.54, 1.807) is 17.6 Å². The lowest BCUT2D eigenvalue weighted by Gasteiger charge is -2.22. The number of carbonyl (C=O) groups is 1. The zero-order valence-electron chi connectivity index (χ0n) is 16.7. The van der Waals surface area contributed by atoms with Gasteiger partial charge < -0.3 is 4.42 Å². The lowest BCUT2D eigenvalue weighted by Crippen LogP contribution is -2.29. The molecule has 2 aromatic heterocycles. The topological polar surface area (TPSA) is 76.3 Å². The molecule has 0 saturated heterocycles. The van der Waals surface area contributed by atoms with E-state index in [2.05, 4.69) is 24.0 Å². The highest BCUT2D eigenvalue weighted by molar-refractivity contribution is 7.13. The Bertz CT molecular complexity index is 1320. The molecule has 0 fully saturated rings. The molecule has 0 radical (unpaired) electrons. The number of benzene rings is 2. The number of amides is 1. The normalized spacial score (nSPS) is 15.9. The molecule has 30 heavy (non-hydrogen) atoms. The van der Waals surface area contributed by atoms with Crippen LogP contribution < -0.4 is 10.3 Å². The van der Waals surface area contributed by atoms with Gasteiger partial charge in [-0.2, -0.15) is 0 Å². The molecule has 1 aliphatic heterocycles. The second kappa shape index (κ2) is 6.88. The fraction of sp³-hybridized carbons (Fsp3) is 0.217. The Morgan fingerprint density at radius 2 is 1.87 bits per heavy atom. The van der Waals surface area contributed by atoms with Crippen molar-refractivity contribution in [1.82, 2.24) is 10.2 Å². The van der Waals surface area contributed by atoms with Crippen molar-refractivity contribution in [1.29, 1.82) is 0 Å². The van der Waals surface area contributed by atoms with Crippen LogP contribution in [0.5, 0.6) is 0 Å². The minimum Gasteiger partial charge on any atom is -0.450 e. The van der Waals surface area contributed by atoms with E-state index in [0.717, 1.165) is 11.1 Å². The van der Waals surface area contributed by atoms with Gasteiger partial charge in [-0.3, -0.25) is 14.5 Å². The third-order valence-electron chi connectivity index (χ3n) is 5.50. The Morgan fingerprint density at radius 3 is 2.53 bits per heavy atom. The van der Waals surface area contributed by atoms with Crippen molar-refractivity contribution in [3.8, 4) is 0 Å². The van der Waals surface area contributed by atoms with E-state index in [-0.39, 0.29) is 17.1 Å². The quantitative estimate of drug-likeness (QED) is 0.477. The van der Waals surface area contributed by atoms with Crippen LogP contribution in [-0.4, -0.2) is 16.1 Å². The second-order valence-corrected chi connectivity index (χ2v) is 8.61. The van der Waals surface area contributed by atoms with Gasteiger partial charge in [-0.25, -0.2) is 0 Å². The van der Waals surface area contributed by atoms with Gasteiger partial charge >= 0.3 is 0 Å². The molecule has 0 bridgehead atoms. The van der Waals surface area contributed by atoms with Gasteiger partial charge in [0.25, 0.3) is 5.91 Å². The molecule has 5 rings (SSSR count). The average molecular weight is 417 g/mol. The summed E-state index contributed by atoms with van der Waals surface area (Å²) in [5.41, 5.74) is 5.12. The van der Waals surface area contributed by atoms with Crippen LogP contribution in [0.3, 0.4) is 0 Å². The van der Waals surface area contributed by atoms with E-state index >= 15 is 0 Å². The summed E-state index contributed by atoms with van der Waals surface area (Å²) < 4.78 is 5.96. The Hall–Kier alpha value is -3.32.